The summed E-state index contributed by atoms with van der Waals surface area (Å²) in [5.74, 6) is -2.45. The number of esters is 1. The van der Waals surface area contributed by atoms with Crippen LogP contribution in [-0.4, -0.2) is 39.5 Å². The molecular formula is C9H12O6S. The molecule has 0 saturated carbocycles. The molecule has 1 unspecified atom stereocenters. The first-order chi connectivity index (χ1) is 7.41. The second-order valence-corrected chi connectivity index (χ2v) is 5.11. The minimum Gasteiger partial charge on any atom is -0.481 e. The Morgan fingerprint density at radius 1 is 1.38 bits per heavy atom. The molecule has 0 aromatic rings. The fourth-order valence-electron chi connectivity index (χ4n) is 1.37. The molecular weight excluding hydrogens is 236 g/mol. The third kappa shape index (κ3) is 2.54. The lowest BCUT2D eigenvalue weighted by Gasteiger charge is -2.11. The van der Waals surface area contributed by atoms with Crippen molar-refractivity contribution >= 4 is 15.8 Å². The van der Waals surface area contributed by atoms with Crippen LogP contribution in [0.1, 0.15) is 0 Å². The molecule has 0 spiro atoms. The Morgan fingerprint density at radius 3 is 2.38 bits per heavy atom. The molecule has 1 N–H and O–H groups in total. The molecule has 0 aliphatic carbocycles. The zero-order valence-corrected chi connectivity index (χ0v) is 9.65. The second-order valence-electron chi connectivity index (χ2n) is 3.18. The highest BCUT2D eigenvalue weighted by atomic mass is 32.2. The van der Waals surface area contributed by atoms with E-state index in [-0.39, 0.29) is 11.3 Å². The maximum Gasteiger partial charge on any atom is 0.341 e. The van der Waals surface area contributed by atoms with Crippen molar-refractivity contribution in [3.05, 3.63) is 23.0 Å². The Hall–Kier alpha value is -1.50. The second kappa shape index (κ2) is 4.56. The van der Waals surface area contributed by atoms with Gasteiger partial charge in [0.05, 0.1) is 20.0 Å². The minimum absolute atomic E-state index is 0.192. The smallest absolute Gasteiger partial charge is 0.341 e. The summed E-state index contributed by atoms with van der Waals surface area (Å²) in [7, 11) is -1.00. The molecule has 0 aromatic heterocycles. The van der Waals surface area contributed by atoms with Crippen LogP contribution in [0.25, 0.3) is 0 Å². The van der Waals surface area contributed by atoms with E-state index in [0.29, 0.717) is 0 Å². The highest BCUT2D eigenvalue weighted by molar-refractivity contribution is 7.94. The zero-order valence-electron chi connectivity index (χ0n) is 8.84. The standard InChI is InChI=1S/C9H12O6S/c1-14-8(10)7(9(11)15-2)6-3-4-16(12,13)5-6/h3-4,6,10H,5H2,1-2H3/b8-7-. The maximum atomic E-state index is 11.4. The number of methoxy groups -OCH3 is 2. The van der Waals surface area contributed by atoms with Crippen molar-refractivity contribution in [3.63, 3.8) is 0 Å². The maximum absolute atomic E-state index is 11.4. The Kier molecular flexibility index (Phi) is 3.58. The van der Waals surface area contributed by atoms with Crippen molar-refractivity contribution in [1.29, 1.82) is 0 Å². The molecule has 1 atom stereocenters. The number of hydrogen-bond donors (Lipinski definition) is 1. The highest BCUT2D eigenvalue weighted by Gasteiger charge is 2.32. The molecule has 1 heterocycles. The van der Waals surface area contributed by atoms with Crippen LogP contribution in [0.2, 0.25) is 0 Å². The normalized spacial score (nSPS) is 23.8. The highest BCUT2D eigenvalue weighted by Crippen LogP contribution is 2.25. The van der Waals surface area contributed by atoms with E-state index in [9.17, 15) is 18.3 Å². The van der Waals surface area contributed by atoms with Crippen LogP contribution in [0.4, 0.5) is 0 Å². The lowest BCUT2D eigenvalue weighted by atomic mass is 10.0. The number of hydrogen-bond acceptors (Lipinski definition) is 6. The molecule has 90 valence electrons. The van der Waals surface area contributed by atoms with Gasteiger partial charge < -0.3 is 14.6 Å². The molecule has 6 nitrogen and oxygen atoms in total. The first kappa shape index (κ1) is 12.6. The van der Waals surface area contributed by atoms with Gasteiger partial charge in [-0.1, -0.05) is 6.08 Å². The monoisotopic (exact) mass is 248 g/mol. The Morgan fingerprint density at radius 2 is 2.00 bits per heavy atom. The molecule has 1 aliphatic heterocycles. The number of sulfone groups is 1. The molecule has 7 heteroatoms. The van der Waals surface area contributed by atoms with Gasteiger partial charge in [0.2, 0.25) is 0 Å². The summed E-state index contributed by atoms with van der Waals surface area (Å²) < 4.78 is 31.3. The molecule has 0 aromatic carbocycles. The van der Waals surface area contributed by atoms with Gasteiger partial charge in [0.1, 0.15) is 5.57 Å². The molecule has 0 bridgehead atoms. The molecule has 0 saturated heterocycles. The first-order valence-corrected chi connectivity index (χ1v) is 6.09. The topological polar surface area (TPSA) is 89.9 Å². The van der Waals surface area contributed by atoms with Crippen molar-refractivity contribution in [1.82, 2.24) is 0 Å². The van der Waals surface area contributed by atoms with Gasteiger partial charge in [0.25, 0.3) is 5.95 Å². The van der Waals surface area contributed by atoms with Crippen molar-refractivity contribution < 1.29 is 27.8 Å². The molecule has 1 aliphatic rings. The predicted molar refractivity (Wildman–Crippen MR) is 55.1 cm³/mol. The van der Waals surface area contributed by atoms with Crippen LogP contribution in [0.15, 0.2) is 23.0 Å². The van der Waals surface area contributed by atoms with Crippen LogP contribution in [0.5, 0.6) is 0 Å². The summed E-state index contributed by atoms with van der Waals surface area (Å²) >= 11 is 0. The summed E-state index contributed by atoms with van der Waals surface area (Å²) in [6.45, 7) is 0. The Bertz CT molecular complexity index is 445. The van der Waals surface area contributed by atoms with E-state index < -0.39 is 27.7 Å². The SMILES string of the molecule is COC(=O)/C(=C(/O)OC)C1C=CS(=O)(=O)C1. The van der Waals surface area contributed by atoms with Crippen molar-refractivity contribution in [2.24, 2.45) is 5.92 Å². The van der Waals surface area contributed by atoms with Gasteiger partial charge in [-0.3, -0.25) is 0 Å². The van der Waals surface area contributed by atoms with Crippen molar-refractivity contribution in [2.75, 3.05) is 20.0 Å². The summed E-state index contributed by atoms with van der Waals surface area (Å²) in [4.78, 5) is 11.4. The predicted octanol–water partition coefficient (Wildman–Crippen LogP) is 0.134. The lowest BCUT2D eigenvalue weighted by molar-refractivity contribution is -0.137. The van der Waals surface area contributed by atoms with Gasteiger partial charge in [-0.25, -0.2) is 13.2 Å². The van der Waals surface area contributed by atoms with Crippen LogP contribution < -0.4 is 0 Å². The largest absolute Gasteiger partial charge is 0.481 e. The van der Waals surface area contributed by atoms with Gasteiger partial charge >= 0.3 is 5.97 Å². The average Bonchev–Trinajstić information content (AvgIpc) is 2.58. The van der Waals surface area contributed by atoms with Gasteiger partial charge in [-0.2, -0.15) is 0 Å². The van der Waals surface area contributed by atoms with E-state index in [2.05, 4.69) is 9.47 Å². The zero-order chi connectivity index (χ0) is 12.3. The van der Waals surface area contributed by atoms with Crippen LogP contribution in [0.3, 0.4) is 0 Å². The Labute approximate surface area is 93.1 Å². The summed E-state index contributed by atoms with van der Waals surface area (Å²) in [5.41, 5.74) is -0.192. The van der Waals surface area contributed by atoms with E-state index in [4.69, 9.17) is 0 Å². The first-order valence-electron chi connectivity index (χ1n) is 4.37. The third-order valence-corrected chi connectivity index (χ3v) is 3.53. The lowest BCUT2D eigenvalue weighted by Crippen LogP contribution is -2.19. The Balaban J connectivity index is 3.07. The van der Waals surface area contributed by atoms with E-state index in [1.807, 2.05) is 0 Å². The average molecular weight is 248 g/mol. The van der Waals surface area contributed by atoms with Crippen LogP contribution in [0, 0.1) is 5.92 Å². The molecule has 0 radical (unpaired) electrons. The number of allylic oxidation sites excluding steroid dienone is 1. The number of rotatable bonds is 3. The molecule has 0 fully saturated rings. The van der Waals surface area contributed by atoms with Crippen molar-refractivity contribution in [2.45, 2.75) is 0 Å². The summed E-state index contributed by atoms with van der Waals surface area (Å²) in [6.07, 6.45) is 1.32. The summed E-state index contributed by atoms with van der Waals surface area (Å²) in [5, 5.41) is 10.4. The van der Waals surface area contributed by atoms with Crippen LogP contribution >= 0.6 is 0 Å². The quantitative estimate of drug-likeness (QED) is 0.434. The van der Waals surface area contributed by atoms with E-state index in [0.717, 1.165) is 12.5 Å². The molecule has 1 rings (SSSR count). The van der Waals surface area contributed by atoms with Crippen LogP contribution in [-0.2, 0) is 24.1 Å². The van der Waals surface area contributed by atoms with Gasteiger partial charge in [0, 0.05) is 11.3 Å². The number of aliphatic hydroxyl groups is 1. The van der Waals surface area contributed by atoms with E-state index in [1.165, 1.54) is 13.2 Å². The number of ether oxygens (including phenoxy) is 2. The van der Waals surface area contributed by atoms with E-state index >= 15 is 0 Å². The summed E-state index contributed by atoms with van der Waals surface area (Å²) in [6, 6.07) is 0. The number of aliphatic hydroxyl groups excluding tert-OH is 1. The fourth-order valence-corrected chi connectivity index (χ4v) is 2.69. The third-order valence-electron chi connectivity index (χ3n) is 2.13. The van der Waals surface area contributed by atoms with Crippen molar-refractivity contribution in [3.8, 4) is 0 Å². The van der Waals surface area contributed by atoms with Gasteiger partial charge in [0.15, 0.2) is 9.84 Å². The van der Waals surface area contributed by atoms with Gasteiger partial charge in [-0.15, -0.1) is 0 Å². The molecule has 16 heavy (non-hydrogen) atoms. The number of carbonyl (C=O) groups is 1. The van der Waals surface area contributed by atoms with Gasteiger partial charge in [-0.05, 0) is 0 Å². The van der Waals surface area contributed by atoms with E-state index in [1.54, 1.807) is 0 Å². The fraction of sp³-hybridized carbons (Fsp3) is 0.444. The number of carbonyl (C=O) groups excluding carboxylic acids is 1. The minimum atomic E-state index is -3.31. The molecule has 0 amide bonds.